The minimum absolute atomic E-state index is 0.0596. The van der Waals surface area contributed by atoms with Crippen LogP contribution in [0.2, 0.25) is 0 Å². The number of nitrogens with one attached hydrogen (secondary N) is 2. The van der Waals surface area contributed by atoms with Crippen molar-refractivity contribution in [3.63, 3.8) is 0 Å². The Labute approximate surface area is 206 Å². The van der Waals surface area contributed by atoms with Crippen LogP contribution in [0.15, 0.2) is 78.9 Å². The molecule has 0 spiro atoms. The molecule has 2 N–H and O–H groups in total. The summed E-state index contributed by atoms with van der Waals surface area (Å²) in [5.41, 5.74) is 1.57. The van der Waals surface area contributed by atoms with E-state index < -0.39 is 0 Å². The van der Waals surface area contributed by atoms with Crippen LogP contribution in [0.5, 0.6) is 17.2 Å². The highest BCUT2D eigenvalue weighted by molar-refractivity contribution is 5.96. The molecule has 3 aromatic rings. The van der Waals surface area contributed by atoms with E-state index in [2.05, 4.69) is 21.6 Å². The van der Waals surface area contributed by atoms with Crippen LogP contribution in [-0.2, 0) is 4.79 Å². The number of hydrogen-bond acceptors (Lipinski definition) is 5. The van der Waals surface area contributed by atoms with Crippen LogP contribution in [0, 0.1) is 0 Å². The summed E-state index contributed by atoms with van der Waals surface area (Å²) in [5, 5.41) is 5.68. The van der Waals surface area contributed by atoms with Crippen LogP contribution in [0.3, 0.4) is 0 Å². The Bertz CT molecular complexity index is 1110. The van der Waals surface area contributed by atoms with Crippen LogP contribution >= 0.6 is 0 Å². The van der Waals surface area contributed by atoms with Gasteiger partial charge in [0.2, 0.25) is 5.91 Å². The number of amides is 2. The number of ether oxygens (including phenoxy) is 2. The second-order valence-corrected chi connectivity index (χ2v) is 8.46. The van der Waals surface area contributed by atoms with E-state index in [0.717, 1.165) is 43.0 Å². The van der Waals surface area contributed by atoms with E-state index in [9.17, 15) is 9.59 Å². The number of benzene rings is 3. The van der Waals surface area contributed by atoms with Gasteiger partial charge in [-0.1, -0.05) is 30.3 Å². The molecule has 35 heavy (non-hydrogen) atoms. The summed E-state index contributed by atoms with van der Waals surface area (Å²) in [5.74, 6) is 1.62. The molecule has 4 rings (SSSR count). The third-order valence-corrected chi connectivity index (χ3v) is 6.06. The first-order valence-corrected chi connectivity index (χ1v) is 11.9. The highest BCUT2D eigenvalue weighted by atomic mass is 16.5. The fourth-order valence-electron chi connectivity index (χ4n) is 4.19. The van der Waals surface area contributed by atoms with Gasteiger partial charge >= 0.3 is 0 Å². The first kappa shape index (κ1) is 24.3. The summed E-state index contributed by atoms with van der Waals surface area (Å²) in [4.78, 5) is 27.4. The Balaban J connectivity index is 1.28. The normalized spacial score (nSPS) is 14.2. The lowest BCUT2D eigenvalue weighted by molar-refractivity contribution is -0.120. The standard InChI is InChI=1S/C28H31N3O4/c1-34-25-11-7-8-22(18-25)26(31-16-5-6-17-31)19-29-27(32)20-30-28(33)21-12-14-24(15-13-21)35-23-9-3-2-4-10-23/h2-4,7-15,18,26H,5-6,16-17,19-20H2,1H3,(H,29,32)(H,30,33)/t26-/m1/s1. The third-order valence-electron chi connectivity index (χ3n) is 6.06. The van der Waals surface area contributed by atoms with E-state index in [4.69, 9.17) is 9.47 Å². The predicted molar refractivity (Wildman–Crippen MR) is 135 cm³/mol. The van der Waals surface area contributed by atoms with E-state index in [1.54, 1.807) is 31.4 Å². The van der Waals surface area contributed by atoms with Crippen molar-refractivity contribution in [2.45, 2.75) is 18.9 Å². The van der Waals surface area contributed by atoms with Crippen molar-refractivity contribution in [1.82, 2.24) is 15.5 Å². The number of para-hydroxylation sites is 1. The molecule has 0 saturated carbocycles. The number of nitrogens with zero attached hydrogens (tertiary/aromatic N) is 1. The average molecular weight is 474 g/mol. The maximum atomic E-state index is 12.5. The van der Waals surface area contributed by atoms with E-state index in [1.165, 1.54) is 0 Å². The molecular formula is C28H31N3O4. The fourth-order valence-corrected chi connectivity index (χ4v) is 4.19. The van der Waals surface area contributed by atoms with Crippen molar-refractivity contribution in [2.24, 2.45) is 0 Å². The van der Waals surface area contributed by atoms with Gasteiger partial charge < -0.3 is 20.1 Å². The van der Waals surface area contributed by atoms with Crippen molar-refractivity contribution in [2.75, 3.05) is 33.3 Å². The van der Waals surface area contributed by atoms with Crippen LogP contribution < -0.4 is 20.1 Å². The topological polar surface area (TPSA) is 79.9 Å². The van der Waals surface area contributed by atoms with Gasteiger partial charge in [-0.25, -0.2) is 0 Å². The zero-order valence-corrected chi connectivity index (χ0v) is 19.9. The lowest BCUT2D eigenvalue weighted by atomic mass is 10.0. The monoisotopic (exact) mass is 473 g/mol. The largest absolute Gasteiger partial charge is 0.497 e. The van der Waals surface area contributed by atoms with Gasteiger partial charge in [0.15, 0.2) is 0 Å². The Morgan fingerprint density at radius 3 is 2.26 bits per heavy atom. The van der Waals surface area contributed by atoms with Crippen molar-refractivity contribution in [1.29, 1.82) is 0 Å². The summed E-state index contributed by atoms with van der Waals surface area (Å²) < 4.78 is 11.1. The first-order valence-electron chi connectivity index (χ1n) is 11.9. The van der Waals surface area contributed by atoms with Crippen LogP contribution in [0.25, 0.3) is 0 Å². The second kappa shape index (κ2) is 12.0. The van der Waals surface area contributed by atoms with Gasteiger partial charge in [-0.05, 0) is 80.0 Å². The lowest BCUT2D eigenvalue weighted by Gasteiger charge is -2.28. The maximum Gasteiger partial charge on any atom is 0.251 e. The number of likely N-dealkylation sites (tertiary alicyclic amines) is 1. The average Bonchev–Trinajstić information content (AvgIpc) is 3.43. The number of methoxy groups -OCH3 is 1. The Morgan fingerprint density at radius 1 is 0.857 bits per heavy atom. The number of rotatable bonds is 10. The third kappa shape index (κ3) is 6.83. The highest BCUT2D eigenvalue weighted by Gasteiger charge is 2.24. The molecule has 0 aliphatic carbocycles. The number of hydrogen-bond donors (Lipinski definition) is 2. The van der Waals surface area contributed by atoms with Gasteiger partial charge in [-0.2, -0.15) is 0 Å². The SMILES string of the molecule is COc1cccc([C@@H](CNC(=O)CNC(=O)c2ccc(Oc3ccccc3)cc2)N2CCCC2)c1. The molecule has 1 fully saturated rings. The van der Waals surface area contributed by atoms with Crippen LogP contribution in [-0.4, -0.2) is 50.0 Å². The zero-order valence-electron chi connectivity index (χ0n) is 19.9. The summed E-state index contributed by atoms with van der Waals surface area (Å²) in [7, 11) is 1.65. The molecule has 1 aliphatic rings. The smallest absolute Gasteiger partial charge is 0.251 e. The number of carbonyl (C=O) groups is 2. The van der Waals surface area contributed by atoms with E-state index >= 15 is 0 Å². The molecule has 1 saturated heterocycles. The van der Waals surface area contributed by atoms with Gasteiger partial charge in [-0.15, -0.1) is 0 Å². The molecule has 1 aliphatic heterocycles. The molecule has 7 heteroatoms. The zero-order chi connectivity index (χ0) is 24.5. The van der Waals surface area contributed by atoms with Gasteiger partial charge in [0.05, 0.1) is 19.7 Å². The molecule has 0 aromatic heterocycles. The van der Waals surface area contributed by atoms with Crippen LogP contribution in [0.1, 0.15) is 34.8 Å². The van der Waals surface area contributed by atoms with Gasteiger partial charge in [0.25, 0.3) is 5.91 Å². The molecule has 1 heterocycles. The Hall–Kier alpha value is -3.84. The molecular weight excluding hydrogens is 442 g/mol. The molecule has 182 valence electrons. The van der Waals surface area contributed by atoms with Gasteiger partial charge in [0.1, 0.15) is 17.2 Å². The van der Waals surface area contributed by atoms with E-state index in [-0.39, 0.29) is 24.4 Å². The van der Waals surface area contributed by atoms with Crippen molar-refractivity contribution in [3.8, 4) is 17.2 Å². The summed E-state index contributed by atoms with van der Waals surface area (Å²) in [6.45, 7) is 2.37. The summed E-state index contributed by atoms with van der Waals surface area (Å²) in [6, 6.07) is 24.3. The molecule has 0 bridgehead atoms. The Morgan fingerprint density at radius 2 is 1.54 bits per heavy atom. The van der Waals surface area contributed by atoms with Gasteiger partial charge in [0, 0.05) is 12.1 Å². The molecule has 3 aromatic carbocycles. The maximum absolute atomic E-state index is 12.5. The molecule has 0 radical (unpaired) electrons. The molecule has 2 amide bonds. The number of carbonyl (C=O) groups excluding carboxylic acids is 2. The minimum atomic E-state index is -0.310. The minimum Gasteiger partial charge on any atom is -0.497 e. The van der Waals surface area contributed by atoms with Gasteiger partial charge in [-0.3, -0.25) is 14.5 Å². The lowest BCUT2D eigenvalue weighted by Crippen LogP contribution is -2.41. The van der Waals surface area contributed by atoms with E-state index in [0.29, 0.717) is 17.9 Å². The first-order chi connectivity index (χ1) is 17.1. The predicted octanol–water partition coefficient (Wildman–Crippen LogP) is 4.17. The molecule has 1 atom stereocenters. The highest BCUT2D eigenvalue weighted by Crippen LogP contribution is 2.27. The fraction of sp³-hybridized carbons (Fsp3) is 0.286. The van der Waals surface area contributed by atoms with Crippen LogP contribution in [0.4, 0.5) is 0 Å². The van der Waals surface area contributed by atoms with E-state index in [1.807, 2.05) is 48.5 Å². The summed E-state index contributed by atoms with van der Waals surface area (Å²) >= 11 is 0. The second-order valence-electron chi connectivity index (χ2n) is 8.46. The summed E-state index contributed by atoms with van der Waals surface area (Å²) in [6.07, 6.45) is 2.30. The quantitative estimate of drug-likeness (QED) is 0.462. The van der Waals surface area contributed by atoms with Crippen molar-refractivity contribution >= 4 is 11.8 Å². The molecule has 0 unspecified atom stereocenters. The van der Waals surface area contributed by atoms with Crippen molar-refractivity contribution in [3.05, 3.63) is 90.0 Å². The van der Waals surface area contributed by atoms with Crippen molar-refractivity contribution < 1.29 is 19.1 Å². The molecule has 7 nitrogen and oxygen atoms in total. The Kier molecular flexibility index (Phi) is 8.35.